The Kier molecular flexibility index (Phi) is 8.13. The van der Waals surface area contributed by atoms with Crippen molar-refractivity contribution in [1.82, 2.24) is 9.47 Å². The molecule has 9 heteroatoms. The van der Waals surface area contributed by atoms with Crippen LogP contribution >= 0.6 is 11.8 Å². The maximum Gasteiger partial charge on any atom is 0.338 e. The maximum absolute atomic E-state index is 13.3. The monoisotopic (exact) mass is 519 g/mol. The molecule has 0 atom stereocenters. The van der Waals surface area contributed by atoms with Crippen LogP contribution in [0.3, 0.4) is 0 Å². The first-order valence-corrected chi connectivity index (χ1v) is 13.0. The number of likely N-dealkylation sites (N-methyl/N-ethyl adjacent to an activating group) is 1. The molecule has 1 aliphatic rings. The van der Waals surface area contributed by atoms with Gasteiger partial charge in [-0.1, -0.05) is 24.3 Å². The number of thioether (sulfide) groups is 1. The number of rotatable bonds is 8. The molecule has 3 aromatic rings. The molecule has 0 aliphatic carbocycles. The highest BCUT2D eigenvalue weighted by atomic mass is 32.2. The Morgan fingerprint density at radius 3 is 2.51 bits per heavy atom. The molecular formula is C28H29N3O5S. The van der Waals surface area contributed by atoms with Gasteiger partial charge in [-0.15, -0.1) is 0 Å². The number of carbonyl (C=O) groups excluding carboxylic acids is 3. The van der Waals surface area contributed by atoms with Crippen molar-refractivity contribution in [3.05, 3.63) is 70.3 Å². The second-order valence-electron chi connectivity index (χ2n) is 8.23. The topological polar surface area (TPSA) is 90.2 Å². The minimum atomic E-state index is -0.415. The summed E-state index contributed by atoms with van der Waals surface area (Å²) in [4.78, 5) is 44.5. The molecule has 1 aromatic heterocycles. The molecule has 0 spiro atoms. The van der Waals surface area contributed by atoms with E-state index >= 15 is 0 Å². The van der Waals surface area contributed by atoms with Gasteiger partial charge in [0, 0.05) is 28.7 Å². The van der Waals surface area contributed by atoms with E-state index in [1.165, 1.54) is 11.8 Å². The molecule has 2 aromatic carbocycles. The number of nitrogens with zero attached hydrogens (tertiary/aromatic N) is 3. The fourth-order valence-corrected chi connectivity index (χ4v) is 5.25. The zero-order valence-electron chi connectivity index (χ0n) is 21.3. The normalized spacial score (nSPS) is 15.7. The second kappa shape index (κ2) is 11.5. The minimum Gasteiger partial charge on any atom is -0.465 e. The Morgan fingerprint density at radius 2 is 1.78 bits per heavy atom. The first kappa shape index (κ1) is 26.2. The van der Waals surface area contributed by atoms with Crippen molar-refractivity contribution in [3.63, 3.8) is 0 Å². The Hall–Kier alpha value is -3.85. The molecule has 8 nitrogen and oxygen atoms in total. The summed E-state index contributed by atoms with van der Waals surface area (Å²) in [5.41, 5.74) is 3.60. The van der Waals surface area contributed by atoms with Gasteiger partial charge in [0.1, 0.15) is 6.54 Å². The third-order valence-electron chi connectivity index (χ3n) is 5.93. The van der Waals surface area contributed by atoms with Crippen molar-refractivity contribution < 1.29 is 23.9 Å². The van der Waals surface area contributed by atoms with Crippen LogP contribution in [0, 0.1) is 6.92 Å². The number of aromatic nitrogens is 1. The summed E-state index contributed by atoms with van der Waals surface area (Å²) in [5.74, 6) is -0.870. The number of ether oxygens (including phenoxy) is 2. The van der Waals surface area contributed by atoms with Crippen molar-refractivity contribution in [3.8, 4) is 0 Å². The van der Waals surface area contributed by atoms with Crippen molar-refractivity contribution >= 4 is 57.4 Å². The number of hydrogen-bond acceptors (Lipinski definition) is 7. The Bertz CT molecular complexity index is 1420. The average Bonchev–Trinajstić information content (AvgIpc) is 3.32. The van der Waals surface area contributed by atoms with Gasteiger partial charge in [0.25, 0.3) is 5.91 Å². The predicted molar refractivity (Wildman–Crippen MR) is 146 cm³/mol. The molecular weight excluding hydrogens is 490 g/mol. The van der Waals surface area contributed by atoms with E-state index < -0.39 is 5.97 Å². The van der Waals surface area contributed by atoms with Crippen molar-refractivity contribution in [2.24, 2.45) is 4.99 Å². The number of benzene rings is 2. The number of para-hydroxylation sites is 1. The van der Waals surface area contributed by atoms with Crippen LogP contribution in [0.1, 0.15) is 42.4 Å². The highest BCUT2D eigenvalue weighted by molar-refractivity contribution is 8.18. The van der Waals surface area contributed by atoms with E-state index in [9.17, 15) is 14.4 Å². The van der Waals surface area contributed by atoms with Gasteiger partial charge in [0.15, 0.2) is 5.17 Å². The standard InChI is InChI=1S/C28H29N3O5S/c1-5-30-26(33)24(37-28(30)29-20-12-10-11-19(15-20)27(34)36-7-3)16-22-18(4)31(17-25(32)35-6-2)23-14-9-8-13-21(22)23/h8-16H,5-7,17H2,1-4H3. The van der Waals surface area contributed by atoms with Crippen LogP contribution in [0.25, 0.3) is 17.0 Å². The van der Waals surface area contributed by atoms with E-state index in [4.69, 9.17) is 9.47 Å². The van der Waals surface area contributed by atoms with E-state index in [0.29, 0.717) is 34.5 Å². The van der Waals surface area contributed by atoms with Gasteiger partial charge in [0.2, 0.25) is 0 Å². The van der Waals surface area contributed by atoms with Gasteiger partial charge in [-0.2, -0.15) is 0 Å². The number of aliphatic imine (C=N–C) groups is 1. The third kappa shape index (κ3) is 5.46. The largest absolute Gasteiger partial charge is 0.465 e. The smallest absolute Gasteiger partial charge is 0.338 e. The van der Waals surface area contributed by atoms with Crippen LogP contribution in [0.2, 0.25) is 0 Å². The van der Waals surface area contributed by atoms with Gasteiger partial charge in [0.05, 0.1) is 29.4 Å². The summed E-state index contributed by atoms with van der Waals surface area (Å²) in [6, 6.07) is 14.6. The minimum absolute atomic E-state index is 0.0923. The van der Waals surface area contributed by atoms with Crippen LogP contribution in [0.4, 0.5) is 5.69 Å². The molecule has 1 aliphatic heterocycles. The van der Waals surface area contributed by atoms with Crippen molar-refractivity contribution in [1.29, 1.82) is 0 Å². The first-order chi connectivity index (χ1) is 17.9. The summed E-state index contributed by atoms with van der Waals surface area (Å²) < 4.78 is 12.2. The number of amidine groups is 1. The molecule has 0 saturated carbocycles. The van der Waals surface area contributed by atoms with E-state index in [1.807, 2.05) is 48.8 Å². The summed E-state index contributed by atoms with van der Waals surface area (Å²) in [7, 11) is 0. The van der Waals surface area contributed by atoms with Crippen LogP contribution in [-0.4, -0.2) is 52.2 Å². The predicted octanol–water partition coefficient (Wildman–Crippen LogP) is 5.31. The number of fused-ring (bicyclic) bond motifs is 1. The first-order valence-electron chi connectivity index (χ1n) is 12.2. The van der Waals surface area contributed by atoms with Crippen molar-refractivity contribution in [2.75, 3.05) is 19.8 Å². The lowest BCUT2D eigenvalue weighted by molar-refractivity contribution is -0.143. The fourth-order valence-electron chi connectivity index (χ4n) is 4.21. The second-order valence-corrected chi connectivity index (χ2v) is 9.24. The van der Waals surface area contributed by atoms with Crippen LogP contribution in [-0.2, 0) is 25.6 Å². The van der Waals surface area contributed by atoms with E-state index in [1.54, 1.807) is 43.0 Å². The fraction of sp³-hybridized carbons (Fsp3) is 0.286. The zero-order valence-corrected chi connectivity index (χ0v) is 22.1. The molecule has 1 amide bonds. The Labute approximate surface area is 219 Å². The summed E-state index contributed by atoms with van der Waals surface area (Å²) in [5, 5.41) is 1.48. The van der Waals surface area contributed by atoms with E-state index in [-0.39, 0.29) is 25.0 Å². The van der Waals surface area contributed by atoms with Crippen LogP contribution in [0.5, 0.6) is 0 Å². The molecule has 0 radical (unpaired) electrons. The van der Waals surface area contributed by atoms with Crippen LogP contribution < -0.4 is 0 Å². The summed E-state index contributed by atoms with van der Waals surface area (Å²) in [6.45, 7) is 8.50. The van der Waals surface area contributed by atoms with Gasteiger partial charge >= 0.3 is 11.9 Å². The van der Waals surface area contributed by atoms with Crippen LogP contribution in [0.15, 0.2) is 58.4 Å². The number of carbonyl (C=O) groups is 3. The van der Waals surface area contributed by atoms with Gasteiger partial charge in [-0.25, -0.2) is 9.79 Å². The quantitative estimate of drug-likeness (QED) is 0.296. The van der Waals surface area contributed by atoms with Gasteiger partial charge in [-0.05, 0) is 69.8 Å². The Morgan fingerprint density at radius 1 is 1.03 bits per heavy atom. The van der Waals surface area contributed by atoms with E-state index in [2.05, 4.69) is 4.99 Å². The number of amides is 1. The number of hydrogen-bond donors (Lipinski definition) is 0. The molecule has 37 heavy (non-hydrogen) atoms. The molecule has 0 unspecified atom stereocenters. The SMILES string of the molecule is CCOC(=O)Cn1c(C)c(C=C2SC(=Nc3cccc(C(=O)OCC)c3)N(CC)C2=O)c2ccccc21. The third-order valence-corrected chi connectivity index (χ3v) is 6.94. The summed E-state index contributed by atoms with van der Waals surface area (Å²) >= 11 is 1.28. The molecule has 192 valence electrons. The molecule has 0 bridgehead atoms. The number of esters is 2. The summed E-state index contributed by atoms with van der Waals surface area (Å²) in [6.07, 6.45) is 1.87. The highest BCUT2D eigenvalue weighted by Gasteiger charge is 2.33. The lowest BCUT2D eigenvalue weighted by Crippen LogP contribution is -2.28. The maximum atomic E-state index is 13.3. The molecule has 0 N–H and O–H groups in total. The molecule has 4 rings (SSSR count). The molecule has 1 saturated heterocycles. The Balaban J connectivity index is 1.71. The van der Waals surface area contributed by atoms with Gasteiger partial charge in [-0.3, -0.25) is 14.5 Å². The lowest BCUT2D eigenvalue weighted by atomic mass is 10.1. The molecule has 1 fully saturated rings. The van der Waals surface area contributed by atoms with E-state index in [0.717, 1.165) is 22.2 Å². The van der Waals surface area contributed by atoms with Gasteiger partial charge < -0.3 is 14.0 Å². The zero-order chi connectivity index (χ0) is 26.5. The highest BCUT2D eigenvalue weighted by Crippen LogP contribution is 2.37. The lowest BCUT2D eigenvalue weighted by Gasteiger charge is -2.12. The molecule has 2 heterocycles. The average molecular weight is 520 g/mol. The van der Waals surface area contributed by atoms with Crippen molar-refractivity contribution in [2.45, 2.75) is 34.2 Å².